The fourth-order valence-corrected chi connectivity index (χ4v) is 4.09. The first-order valence-corrected chi connectivity index (χ1v) is 9.27. The van der Waals surface area contributed by atoms with Crippen LogP contribution in [0.25, 0.3) is 21.7 Å². The molecular formula is C23H25O3+. The molecule has 0 amide bonds. The Bertz CT molecular complexity index is 1010. The summed E-state index contributed by atoms with van der Waals surface area (Å²) in [6.07, 6.45) is 3.11. The largest absolute Gasteiger partial charge is 0.465 e. The fraction of sp³-hybridized carbons (Fsp3) is 0.391. The second-order valence-electron chi connectivity index (χ2n) is 8.38. The van der Waals surface area contributed by atoms with Gasteiger partial charge in [0.1, 0.15) is 0 Å². The minimum absolute atomic E-state index is 0.247. The average Bonchev–Trinajstić information content (AvgIpc) is 2.64. The quantitative estimate of drug-likeness (QED) is 0.316. The number of hydrogen-bond donors (Lipinski definition) is 0. The van der Waals surface area contributed by atoms with E-state index in [2.05, 4.69) is 32.9 Å². The van der Waals surface area contributed by atoms with Gasteiger partial charge in [0.2, 0.25) is 0 Å². The van der Waals surface area contributed by atoms with Crippen molar-refractivity contribution in [3.63, 3.8) is 0 Å². The number of fused-ring (bicyclic) bond motifs is 4. The maximum atomic E-state index is 12.4. The number of methoxy groups -OCH3 is 1. The van der Waals surface area contributed by atoms with Crippen LogP contribution in [0, 0.1) is 11.3 Å². The highest BCUT2D eigenvalue weighted by Crippen LogP contribution is 2.40. The number of hydrogen-bond acceptors (Lipinski definition) is 2. The van der Waals surface area contributed by atoms with Gasteiger partial charge in [-0.15, -0.1) is 0 Å². The van der Waals surface area contributed by atoms with E-state index in [1.807, 2.05) is 24.3 Å². The molecular weight excluding hydrogens is 324 g/mol. The maximum absolute atomic E-state index is 12.4. The fourth-order valence-electron chi connectivity index (χ4n) is 4.09. The van der Waals surface area contributed by atoms with Crippen molar-refractivity contribution in [3.8, 4) is 0 Å². The number of benzene rings is 2. The molecule has 0 radical (unpaired) electrons. The Morgan fingerprint density at radius 2 is 1.92 bits per heavy atom. The molecule has 1 heterocycles. The lowest BCUT2D eigenvalue weighted by atomic mass is 9.72. The van der Waals surface area contributed by atoms with Crippen LogP contribution in [0.3, 0.4) is 0 Å². The molecule has 1 aliphatic carbocycles. The summed E-state index contributed by atoms with van der Waals surface area (Å²) in [5, 5.41) is 3.13. The van der Waals surface area contributed by atoms with E-state index in [4.69, 9.17) is 9.15 Å². The molecule has 1 aliphatic rings. The van der Waals surface area contributed by atoms with Gasteiger partial charge in [-0.3, -0.25) is 0 Å². The molecule has 0 bridgehead atoms. The summed E-state index contributed by atoms with van der Waals surface area (Å²) >= 11 is 0. The van der Waals surface area contributed by atoms with Crippen molar-refractivity contribution < 1.29 is 13.9 Å². The maximum Gasteiger partial charge on any atom is 0.375 e. The van der Waals surface area contributed by atoms with Crippen LogP contribution in [-0.4, -0.2) is 13.1 Å². The molecule has 0 N–H and O–H groups in total. The van der Waals surface area contributed by atoms with E-state index in [9.17, 15) is 4.79 Å². The molecule has 3 heteroatoms. The lowest BCUT2D eigenvalue weighted by Gasteiger charge is -2.31. The van der Waals surface area contributed by atoms with Crippen molar-refractivity contribution >= 4 is 27.7 Å². The first-order chi connectivity index (χ1) is 12.4. The summed E-state index contributed by atoms with van der Waals surface area (Å²) in [5.74, 6) is 1.25. The molecule has 1 unspecified atom stereocenters. The van der Waals surface area contributed by atoms with E-state index in [1.54, 1.807) is 0 Å². The summed E-state index contributed by atoms with van der Waals surface area (Å²) < 4.78 is 11.4. The van der Waals surface area contributed by atoms with Crippen LogP contribution < -0.4 is 0 Å². The molecule has 1 atom stereocenters. The highest BCUT2D eigenvalue weighted by molar-refractivity contribution is 6.14. The molecule has 0 aliphatic heterocycles. The third-order valence-corrected chi connectivity index (χ3v) is 5.77. The summed E-state index contributed by atoms with van der Waals surface area (Å²) in [7, 11) is 1.41. The number of aryl methyl sites for hydroxylation is 1. The summed E-state index contributed by atoms with van der Waals surface area (Å²) in [4.78, 5) is 12.4. The topological polar surface area (TPSA) is 37.6 Å². The second kappa shape index (κ2) is 6.08. The molecule has 3 aromatic rings. The molecule has 134 valence electrons. The molecule has 0 fully saturated rings. The Morgan fingerprint density at radius 1 is 1.15 bits per heavy atom. The Kier molecular flexibility index (Phi) is 3.98. The Hall–Kier alpha value is -2.42. The molecule has 26 heavy (non-hydrogen) atoms. The smallest absolute Gasteiger partial charge is 0.375 e. The Labute approximate surface area is 154 Å². The van der Waals surface area contributed by atoms with Gasteiger partial charge in [-0.1, -0.05) is 45.0 Å². The van der Waals surface area contributed by atoms with Gasteiger partial charge in [0.05, 0.1) is 24.5 Å². The van der Waals surface area contributed by atoms with Crippen molar-refractivity contribution in [3.05, 3.63) is 53.3 Å². The third-order valence-electron chi connectivity index (χ3n) is 5.77. The number of rotatable bonds is 1. The van der Waals surface area contributed by atoms with Crippen LogP contribution in [0.4, 0.5) is 0 Å². The number of carbonyl (C=O) groups excluding carboxylic acids is 1. The van der Waals surface area contributed by atoms with Crippen LogP contribution in [-0.2, 0) is 17.6 Å². The minimum atomic E-state index is -0.354. The van der Waals surface area contributed by atoms with Gasteiger partial charge in [-0.05, 0) is 47.1 Å². The molecule has 0 saturated carbocycles. The van der Waals surface area contributed by atoms with Gasteiger partial charge in [0.25, 0.3) is 0 Å². The van der Waals surface area contributed by atoms with Crippen molar-refractivity contribution in [2.45, 2.75) is 40.0 Å². The van der Waals surface area contributed by atoms with Gasteiger partial charge in [0, 0.05) is 0 Å². The highest BCUT2D eigenvalue weighted by Gasteiger charge is 2.36. The van der Waals surface area contributed by atoms with Crippen molar-refractivity contribution in [1.82, 2.24) is 0 Å². The third kappa shape index (κ3) is 2.76. The monoisotopic (exact) mass is 349 g/mol. The standard InChI is InChI=1S/C23H25O3/c1-23(2,3)16-10-9-15-12-18-17-8-6-5-7-14(17)11-19(22(24)25-4)21(18)26-20(15)13-16/h5-8,11-12,16H,9-10,13H2,1-4H3/q+1. The predicted octanol–water partition coefficient (Wildman–Crippen LogP) is 5.80. The highest BCUT2D eigenvalue weighted by atomic mass is 16.5. The van der Waals surface area contributed by atoms with Crippen molar-refractivity contribution in [1.29, 1.82) is 0 Å². The van der Waals surface area contributed by atoms with Crippen LogP contribution in [0.2, 0.25) is 0 Å². The lowest BCUT2D eigenvalue weighted by Crippen LogP contribution is -2.26. The molecule has 1 aromatic heterocycles. The van der Waals surface area contributed by atoms with E-state index in [0.717, 1.165) is 34.8 Å². The minimum Gasteiger partial charge on any atom is -0.465 e. The summed E-state index contributed by atoms with van der Waals surface area (Å²) in [6, 6.07) is 12.2. The summed E-state index contributed by atoms with van der Waals surface area (Å²) in [6.45, 7) is 6.87. The van der Waals surface area contributed by atoms with E-state index in [1.165, 1.54) is 19.1 Å². The van der Waals surface area contributed by atoms with Crippen LogP contribution in [0.5, 0.6) is 0 Å². The molecule has 3 nitrogen and oxygen atoms in total. The zero-order valence-electron chi connectivity index (χ0n) is 15.9. The SMILES string of the molecule is COC(=O)c1cc2ccccc2c2cc3c([o+]c12)CC(C(C)(C)C)CC3. The van der Waals surface area contributed by atoms with Crippen molar-refractivity contribution in [2.24, 2.45) is 11.3 Å². The predicted molar refractivity (Wildman–Crippen MR) is 104 cm³/mol. The van der Waals surface area contributed by atoms with E-state index in [-0.39, 0.29) is 11.4 Å². The van der Waals surface area contributed by atoms with Gasteiger partial charge in [-0.2, -0.15) is 0 Å². The zero-order valence-corrected chi connectivity index (χ0v) is 15.9. The molecule has 2 aromatic carbocycles. The van der Waals surface area contributed by atoms with Crippen LogP contribution in [0.15, 0.2) is 40.8 Å². The molecule has 0 spiro atoms. The first kappa shape index (κ1) is 17.0. The Morgan fingerprint density at radius 3 is 2.65 bits per heavy atom. The zero-order chi connectivity index (χ0) is 18.5. The van der Waals surface area contributed by atoms with E-state index >= 15 is 0 Å². The molecule has 0 saturated heterocycles. The number of ether oxygens (including phenoxy) is 1. The normalized spacial score (nSPS) is 17.3. The number of carbonyl (C=O) groups is 1. The van der Waals surface area contributed by atoms with Gasteiger partial charge < -0.3 is 4.74 Å². The summed E-state index contributed by atoms with van der Waals surface area (Å²) in [5.41, 5.74) is 2.66. The van der Waals surface area contributed by atoms with E-state index in [0.29, 0.717) is 17.1 Å². The van der Waals surface area contributed by atoms with Crippen molar-refractivity contribution in [2.75, 3.05) is 7.11 Å². The average molecular weight is 349 g/mol. The van der Waals surface area contributed by atoms with Gasteiger partial charge in [-0.25, -0.2) is 9.21 Å². The first-order valence-electron chi connectivity index (χ1n) is 9.27. The van der Waals surface area contributed by atoms with Gasteiger partial charge in [0.15, 0.2) is 5.56 Å². The lowest BCUT2D eigenvalue weighted by molar-refractivity contribution is 0.0601. The Balaban J connectivity index is 1.98. The number of esters is 1. The van der Waals surface area contributed by atoms with Gasteiger partial charge >= 0.3 is 17.3 Å². The molecule has 4 rings (SSSR count). The van der Waals surface area contributed by atoms with E-state index < -0.39 is 0 Å². The second-order valence-corrected chi connectivity index (χ2v) is 8.38. The van der Waals surface area contributed by atoms with Crippen LogP contribution in [0.1, 0.15) is 48.9 Å². The van der Waals surface area contributed by atoms with Crippen LogP contribution >= 0.6 is 0 Å².